The molecule has 0 radical (unpaired) electrons. The smallest absolute Gasteiger partial charge is 0.251 e. The van der Waals surface area contributed by atoms with Crippen LogP contribution in [0.4, 0.5) is 5.69 Å². The summed E-state index contributed by atoms with van der Waals surface area (Å²) in [5, 5.41) is 14.9. The van der Waals surface area contributed by atoms with Gasteiger partial charge in [-0.1, -0.05) is 31.5 Å². The minimum Gasteiger partial charge on any atom is -0.340 e. The molecule has 2 aromatic carbocycles. The van der Waals surface area contributed by atoms with E-state index in [0.717, 1.165) is 0 Å². The van der Waals surface area contributed by atoms with Crippen LogP contribution < -0.4 is 10.6 Å². The number of nitriles is 1. The molecule has 1 unspecified atom stereocenters. The first-order chi connectivity index (χ1) is 11.9. The number of carbonyl (C=O) groups excluding carboxylic acids is 2. The number of halogens is 1. The van der Waals surface area contributed by atoms with Gasteiger partial charge in [-0.05, 0) is 48.4 Å². The molecule has 5 nitrogen and oxygen atoms in total. The molecule has 128 valence electrons. The van der Waals surface area contributed by atoms with Gasteiger partial charge in [-0.3, -0.25) is 9.59 Å². The van der Waals surface area contributed by atoms with Crippen molar-refractivity contribution in [3.8, 4) is 6.07 Å². The Kier molecular flexibility index (Phi) is 6.15. The van der Waals surface area contributed by atoms with Gasteiger partial charge in [0.2, 0.25) is 5.91 Å². The van der Waals surface area contributed by atoms with Crippen LogP contribution in [-0.4, -0.2) is 17.9 Å². The molecule has 0 aliphatic carbocycles. The van der Waals surface area contributed by atoms with Crippen molar-refractivity contribution in [2.24, 2.45) is 5.92 Å². The number of rotatable bonds is 5. The maximum Gasteiger partial charge on any atom is 0.251 e. The molecule has 2 N–H and O–H groups in total. The number of nitrogens with one attached hydrogen (secondary N) is 2. The van der Waals surface area contributed by atoms with Gasteiger partial charge in [0.05, 0.1) is 11.6 Å². The number of benzene rings is 2. The third-order valence-corrected chi connectivity index (χ3v) is 3.85. The second-order valence-corrected chi connectivity index (χ2v) is 6.32. The summed E-state index contributed by atoms with van der Waals surface area (Å²) in [6, 6.07) is 14.4. The molecule has 0 heterocycles. The first-order valence-electron chi connectivity index (χ1n) is 7.78. The zero-order valence-electron chi connectivity index (χ0n) is 13.9. The number of carbonyl (C=O) groups is 2. The molecule has 2 aromatic rings. The molecule has 0 saturated carbocycles. The average molecular weight is 356 g/mol. The van der Waals surface area contributed by atoms with Gasteiger partial charge < -0.3 is 10.6 Å². The predicted molar refractivity (Wildman–Crippen MR) is 97.3 cm³/mol. The second-order valence-electron chi connectivity index (χ2n) is 5.88. The third kappa shape index (κ3) is 5.07. The lowest BCUT2D eigenvalue weighted by molar-refractivity contribution is -0.118. The van der Waals surface area contributed by atoms with Gasteiger partial charge in [0, 0.05) is 16.3 Å². The van der Waals surface area contributed by atoms with Crippen LogP contribution >= 0.6 is 11.6 Å². The number of hydrogen-bond acceptors (Lipinski definition) is 3. The largest absolute Gasteiger partial charge is 0.340 e. The lowest BCUT2D eigenvalue weighted by Crippen LogP contribution is -2.47. The van der Waals surface area contributed by atoms with Crippen molar-refractivity contribution in [3.05, 3.63) is 64.7 Å². The summed E-state index contributed by atoms with van der Waals surface area (Å²) in [7, 11) is 0. The fourth-order valence-electron chi connectivity index (χ4n) is 2.25. The molecular weight excluding hydrogens is 338 g/mol. The Hall–Kier alpha value is -2.84. The fourth-order valence-corrected chi connectivity index (χ4v) is 2.37. The Morgan fingerprint density at radius 2 is 1.80 bits per heavy atom. The maximum absolute atomic E-state index is 12.5. The fraction of sp³-hybridized carbons (Fsp3) is 0.211. The summed E-state index contributed by atoms with van der Waals surface area (Å²) in [6.07, 6.45) is 0. The minimum atomic E-state index is -0.714. The summed E-state index contributed by atoms with van der Waals surface area (Å²) in [5.74, 6) is -0.806. The first kappa shape index (κ1) is 18.5. The van der Waals surface area contributed by atoms with E-state index in [1.54, 1.807) is 48.5 Å². The van der Waals surface area contributed by atoms with E-state index in [4.69, 9.17) is 16.9 Å². The zero-order chi connectivity index (χ0) is 18.4. The number of nitrogens with zero attached hydrogens (tertiary/aromatic N) is 1. The van der Waals surface area contributed by atoms with Gasteiger partial charge >= 0.3 is 0 Å². The summed E-state index contributed by atoms with van der Waals surface area (Å²) in [6.45, 7) is 3.69. The van der Waals surface area contributed by atoms with E-state index < -0.39 is 6.04 Å². The molecule has 0 spiro atoms. The van der Waals surface area contributed by atoms with E-state index in [-0.39, 0.29) is 17.7 Å². The molecule has 0 bridgehead atoms. The molecular formula is C19H18ClN3O2. The highest BCUT2D eigenvalue weighted by Gasteiger charge is 2.24. The highest BCUT2D eigenvalue weighted by molar-refractivity contribution is 6.30. The lowest BCUT2D eigenvalue weighted by Gasteiger charge is -2.22. The van der Waals surface area contributed by atoms with Crippen LogP contribution in [0.15, 0.2) is 48.5 Å². The second kappa shape index (κ2) is 8.32. The van der Waals surface area contributed by atoms with Gasteiger partial charge in [-0.15, -0.1) is 0 Å². The molecule has 0 aromatic heterocycles. The number of anilines is 1. The van der Waals surface area contributed by atoms with Crippen LogP contribution in [0.5, 0.6) is 0 Å². The average Bonchev–Trinajstić information content (AvgIpc) is 2.59. The van der Waals surface area contributed by atoms with E-state index in [1.165, 1.54) is 0 Å². The zero-order valence-corrected chi connectivity index (χ0v) is 14.7. The van der Waals surface area contributed by atoms with Gasteiger partial charge in [0.1, 0.15) is 6.04 Å². The molecule has 0 fully saturated rings. The Morgan fingerprint density at radius 1 is 1.12 bits per heavy atom. The van der Waals surface area contributed by atoms with Gasteiger partial charge in [0.15, 0.2) is 0 Å². The normalized spacial score (nSPS) is 11.5. The van der Waals surface area contributed by atoms with E-state index in [2.05, 4.69) is 10.6 Å². The lowest BCUT2D eigenvalue weighted by atomic mass is 10.0. The predicted octanol–water partition coefficient (Wildman–Crippen LogP) is 3.60. The number of hydrogen-bond donors (Lipinski definition) is 2. The van der Waals surface area contributed by atoms with Crippen molar-refractivity contribution in [3.63, 3.8) is 0 Å². The van der Waals surface area contributed by atoms with Crippen molar-refractivity contribution in [1.29, 1.82) is 5.26 Å². The molecule has 25 heavy (non-hydrogen) atoms. The van der Waals surface area contributed by atoms with Crippen LogP contribution in [0.25, 0.3) is 0 Å². The topological polar surface area (TPSA) is 82.0 Å². The van der Waals surface area contributed by atoms with E-state index in [1.807, 2.05) is 19.9 Å². The molecule has 0 aliphatic rings. The highest BCUT2D eigenvalue weighted by Crippen LogP contribution is 2.14. The molecule has 0 saturated heterocycles. The Balaban J connectivity index is 2.11. The quantitative estimate of drug-likeness (QED) is 0.859. The van der Waals surface area contributed by atoms with Crippen LogP contribution in [0, 0.1) is 17.2 Å². The molecule has 2 rings (SSSR count). The van der Waals surface area contributed by atoms with Crippen molar-refractivity contribution >= 4 is 29.1 Å². The summed E-state index contributed by atoms with van der Waals surface area (Å²) < 4.78 is 0. The first-order valence-corrected chi connectivity index (χ1v) is 8.16. The van der Waals surface area contributed by atoms with Crippen LogP contribution in [0.1, 0.15) is 29.8 Å². The molecule has 1 atom stereocenters. The Bertz CT molecular complexity index is 810. The van der Waals surface area contributed by atoms with E-state index >= 15 is 0 Å². The highest BCUT2D eigenvalue weighted by atomic mass is 35.5. The van der Waals surface area contributed by atoms with E-state index in [9.17, 15) is 9.59 Å². The van der Waals surface area contributed by atoms with Crippen LogP contribution in [0.3, 0.4) is 0 Å². The molecule has 0 aliphatic heterocycles. The van der Waals surface area contributed by atoms with Gasteiger partial charge in [-0.25, -0.2) is 0 Å². The SMILES string of the molecule is CC(C)C(NC(=O)c1ccc(Cl)cc1)C(=O)Nc1cccc(C#N)c1. The summed E-state index contributed by atoms with van der Waals surface area (Å²) in [4.78, 5) is 24.9. The monoisotopic (exact) mass is 355 g/mol. The Labute approximate surface area is 151 Å². The van der Waals surface area contributed by atoms with Crippen LogP contribution in [-0.2, 0) is 4.79 Å². The van der Waals surface area contributed by atoms with Crippen molar-refractivity contribution in [2.75, 3.05) is 5.32 Å². The van der Waals surface area contributed by atoms with Crippen LogP contribution in [0.2, 0.25) is 5.02 Å². The van der Waals surface area contributed by atoms with Gasteiger partial charge in [0.25, 0.3) is 5.91 Å². The van der Waals surface area contributed by atoms with Crippen molar-refractivity contribution in [1.82, 2.24) is 5.32 Å². The van der Waals surface area contributed by atoms with Crippen molar-refractivity contribution < 1.29 is 9.59 Å². The Morgan fingerprint density at radius 3 is 2.40 bits per heavy atom. The molecule has 6 heteroatoms. The number of amides is 2. The summed E-state index contributed by atoms with van der Waals surface area (Å²) >= 11 is 5.82. The standard InChI is InChI=1S/C19H18ClN3O2/c1-12(2)17(23-18(24)14-6-8-15(20)9-7-14)19(25)22-16-5-3-4-13(10-16)11-21/h3-10,12,17H,1-2H3,(H,22,25)(H,23,24). The van der Waals surface area contributed by atoms with Crippen molar-refractivity contribution in [2.45, 2.75) is 19.9 Å². The minimum absolute atomic E-state index is 0.115. The van der Waals surface area contributed by atoms with E-state index in [0.29, 0.717) is 21.8 Å². The third-order valence-electron chi connectivity index (χ3n) is 3.60. The van der Waals surface area contributed by atoms with Gasteiger partial charge in [-0.2, -0.15) is 5.26 Å². The summed E-state index contributed by atoms with van der Waals surface area (Å²) in [5.41, 5.74) is 1.38. The maximum atomic E-state index is 12.5. The molecule has 2 amide bonds.